The third-order valence-corrected chi connectivity index (χ3v) is 4.35. The monoisotopic (exact) mass is 346 g/mol. The highest BCUT2D eigenvalue weighted by atomic mass is 16.4. The summed E-state index contributed by atoms with van der Waals surface area (Å²) in [7, 11) is 0. The highest BCUT2D eigenvalue weighted by Crippen LogP contribution is 2.40. The lowest BCUT2D eigenvalue weighted by Gasteiger charge is -2.08. The molecule has 0 bridgehead atoms. The molecule has 4 aromatic rings. The first kappa shape index (κ1) is 14.8. The molecule has 128 valence electrons. The molecular formula is C19H14N4O3. The lowest BCUT2D eigenvalue weighted by Crippen LogP contribution is -2.13. The highest BCUT2D eigenvalue weighted by Gasteiger charge is 2.27. The quantitative estimate of drug-likeness (QED) is 0.600. The van der Waals surface area contributed by atoms with Gasteiger partial charge in [0.05, 0.1) is 17.3 Å². The Hall–Kier alpha value is -3.48. The molecule has 0 spiro atoms. The van der Waals surface area contributed by atoms with E-state index in [0.717, 1.165) is 29.4 Å². The molecule has 5 rings (SSSR count). The average Bonchev–Trinajstić information content (AvgIpc) is 3.17. The molecule has 7 heteroatoms. The maximum absolute atomic E-state index is 12.8. The van der Waals surface area contributed by atoms with Gasteiger partial charge >= 0.3 is 6.01 Å². The van der Waals surface area contributed by atoms with Crippen LogP contribution in [-0.2, 0) is 0 Å². The van der Waals surface area contributed by atoms with E-state index in [1.807, 2.05) is 30.3 Å². The third kappa shape index (κ3) is 2.63. The van der Waals surface area contributed by atoms with E-state index >= 15 is 0 Å². The molecule has 0 aliphatic heterocycles. The van der Waals surface area contributed by atoms with Crippen molar-refractivity contribution < 1.29 is 13.6 Å². The van der Waals surface area contributed by atoms with Crippen molar-refractivity contribution in [3.05, 3.63) is 60.0 Å². The number of nitrogens with zero attached hydrogens (tertiary/aromatic N) is 3. The van der Waals surface area contributed by atoms with Gasteiger partial charge in [0, 0.05) is 17.0 Å². The Labute approximate surface area is 148 Å². The first-order chi connectivity index (χ1) is 12.8. The number of hydrogen-bond donors (Lipinski definition) is 1. The minimum Gasteiger partial charge on any atom is -0.459 e. The van der Waals surface area contributed by atoms with Crippen molar-refractivity contribution in [1.29, 1.82) is 0 Å². The van der Waals surface area contributed by atoms with E-state index in [-0.39, 0.29) is 17.8 Å². The van der Waals surface area contributed by atoms with Crippen molar-refractivity contribution in [3.8, 4) is 11.7 Å². The number of carbonyl (C=O) groups is 1. The van der Waals surface area contributed by atoms with Gasteiger partial charge in [0.15, 0.2) is 5.76 Å². The standard InChI is InChI=1S/C19H14N4O3/c24-17(21-19-23-22-18(26-19)16-6-3-9-25-16)13-10-15(11-7-8-11)20-14-5-2-1-4-12(13)14/h1-6,9-11H,7-8H2,(H,21,23,24). The van der Waals surface area contributed by atoms with Gasteiger partial charge in [-0.05, 0) is 37.1 Å². The molecule has 0 radical (unpaired) electrons. The molecule has 0 saturated heterocycles. The predicted molar refractivity (Wildman–Crippen MR) is 93.7 cm³/mol. The number of hydrogen-bond acceptors (Lipinski definition) is 6. The maximum atomic E-state index is 12.8. The second-order valence-corrected chi connectivity index (χ2v) is 6.23. The molecule has 1 saturated carbocycles. The summed E-state index contributed by atoms with van der Waals surface area (Å²) in [4.78, 5) is 17.5. The van der Waals surface area contributed by atoms with Gasteiger partial charge in [-0.2, -0.15) is 0 Å². The van der Waals surface area contributed by atoms with Crippen molar-refractivity contribution in [2.24, 2.45) is 0 Å². The van der Waals surface area contributed by atoms with Crippen LogP contribution < -0.4 is 5.32 Å². The Balaban J connectivity index is 1.48. The SMILES string of the molecule is O=C(Nc1nnc(-c2ccco2)o1)c1cc(C2CC2)nc2ccccc12. The first-order valence-corrected chi connectivity index (χ1v) is 8.36. The van der Waals surface area contributed by atoms with Crippen molar-refractivity contribution in [2.45, 2.75) is 18.8 Å². The number of furan rings is 1. The fourth-order valence-corrected chi connectivity index (χ4v) is 2.91. The lowest BCUT2D eigenvalue weighted by molar-refractivity contribution is 0.102. The zero-order valence-electron chi connectivity index (χ0n) is 13.7. The second-order valence-electron chi connectivity index (χ2n) is 6.23. The van der Waals surface area contributed by atoms with Crippen LogP contribution in [0, 0.1) is 0 Å². The van der Waals surface area contributed by atoms with Crippen molar-refractivity contribution in [3.63, 3.8) is 0 Å². The Morgan fingerprint density at radius 3 is 2.81 bits per heavy atom. The number of pyridine rings is 1. The number of aromatic nitrogens is 3. The van der Waals surface area contributed by atoms with Gasteiger partial charge in [-0.1, -0.05) is 23.3 Å². The van der Waals surface area contributed by atoms with Gasteiger partial charge < -0.3 is 8.83 Å². The van der Waals surface area contributed by atoms with Gasteiger partial charge in [0.25, 0.3) is 11.8 Å². The summed E-state index contributed by atoms with van der Waals surface area (Å²) >= 11 is 0. The summed E-state index contributed by atoms with van der Waals surface area (Å²) in [5.41, 5.74) is 2.31. The molecule has 1 aliphatic rings. The molecule has 7 nitrogen and oxygen atoms in total. The van der Waals surface area contributed by atoms with Crippen LogP contribution >= 0.6 is 0 Å². The van der Waals surface area contributed by atoms with Crippen molar-refractivity contribution >= 4 is 22.8 Å². The molecule has 1 amide bonds. The molecular weight excluding hydrogens is 332 g/mol. The summed E-state index contributed by atoms with van der Waals surface area (Å²) < 4.78 is 10.7. The van der Waals surface area contributed by atoms with E-state index in [1.165, 1.54) is 6.26 Å². The molecule has 1 fully saturated rings. The van der Waals surface area contributed by atoms with Gasteiger partial charge in [0.1, 0.15) is 0 Å². The van der Waals surface area contributed by atoms with Crippen LogP contribution in [0.4, 0.5) is 6.01 Å². The molecule has 1 aliphatic carbocycles. The summed E-state index contributed by atoms with van der Waals surface area (Å²) in [6.45, 7) is 0. The van der Waals surface area contributed by atoms with E-state index in [9.17, 15) is 4.79 Å². The van der Waals surface area contributed by atoms with E-state index < -0.39 is 0 Å². The summed E-state index contributed by atoms with van der Waals surface area (Å²) in [6.07, 6.45) is 3.74. The molecule has 26 heavy (non-hydrogen) atoms. The third-order valence-electron chi connectivity index (χ3n) is 4.35. The Bertz CT molecular complexity index is 1100. The smallest absolute Gasteiger partial charge is 0.322 e. The predicted octanol–water partition coefficient (Wildman–Crippen LogP) is 4.01. The van der Waals surface area contributed by atoms with E-state index in [4.69, 9.17) is 8.83 Å². The fourth-order valence-electron chi connectivity index (χ4n) is 2.91. The Morgan fingerprint density at radius 2 is 2.00 bits per heavy atom. The number of rotatable bonds is 4. The van der Waals surface area contributed by atoms with Gasteiger partial charge in [-0.3, -0.25) is 15.1 Å². The second kappa shape index (κ2) is 5.80. The Morgan fingerprint density at radius 1 is 1.12 bits per heavy atom. The van der Waals surface area contributed by atoms with Crippen LogP contribution in [0.3, 0.4) is 0 Å². The molecule has 1 N–H and O–H groups in total. The number of anilines is 1. The van der Waals surface area contributed by atoms with Crippen LogP contribution in [0.25, 0.3) is 22.6 Å². The number of fused-ring (bicyclic) bond motifs is 1. The summed E-state index contributed by atoms with van der Waals surface area (Å²) in [6, 6.07) is 12.9. The van der Waals surface area contributed by atoms with E-state index in [2.05, 4.69) is 20.5 Å². The van der Waals surface area contributed by atoms with Crippen molar-refractivity contribution in [1.82, 2.24) is 15.2 Å². The zero-order chi connectivity index (χ0) is 17.5. The molecule has 0 unspecified atom stereocenters. The fraction of sp³-hybridized carbons (Fsp3) is 0.158. The minimum absolute atomic E-state index is 0.0234. The van der Waals surface area contributed by atoms with Gasteiger partial charge in [0.2, 0.25) is 0 Å². The van der Waals surface area contributed by atoms with Crippen LogP contribution in [0.1, 0.15) is 34.8 Å². The number of para-hydroxylation sites is 1. The largest absolute Gasteiger partial charge is 0.459 e. The van der Waals surface area contributed by atoms with Crippen LogP contribution in [0.2, 0.25) is 0 Å². The van der Waals surface area contributed by atoms with Crippen molar-refractivity contribution in [2.75, 3.05) is 5.32 Å². The molecule has 1 aromatic carbocycles. The van der Waals surface area contributed by atoms with Crippen LogP contribution in [-0.4, -0.2) is 21.1 Å². The normalized spacial score (nSPS) is 13.8. The topological polar surface area (TPSA) is 94.1 Å². The maximum Gasteiger partial charge on any atom is 0.322 e. The number of carbonyl (C=O) groups excluding carboxylic acids is 1. The molecule has 3 heterocycles. The van der Waals surface area contributed by atoms with E-state index in [0.29, 0.717) is 17.2 Å². The lowest BCUT2D eigenvalue weighted by atomic mass is 10.1. The van der Waals surface area contributed by atoms with E-state index in [1.54, 1.807) is 12.1 Å². The number of benzene rings is 1. The van der Waals surface area contributed by atoms with Gasteiger partial charge in [-0.25, -0.2) is 0 Å². The Kier molecular flexibility index (Phi) is 3.31. The molecule has 0 atom stereocenters. The number of nitrogens with one attached hydrogen (secondary N) is 1. The summed E-state index contributed by atoms with van der Waals surface area (Å²) in [5, 5.41) is 11.2. The number of amides is 1. The highest BCUT2D eigenvalue weighted by molar-refractivity contribution is 6.11. The molecule has 3 aromatic heterocycles. The summed E-state index contributed by atoms with van der Waals surface area (Å²) in [5.74, 6) is 0.798. The van der Waals surface area contributed by atoms with Gasteiger partial charge in [-0.15, -0.1) is 5.10 Å². The average molecular weight is 346 g/mol. The minimum atomic E-state index is -0.305. The van der Waals surface area contributed by atoms with Crippen LogP contribution in [0.5, 0.6) is 0 Å². The van der Waals surface area contributed by atoms with Crippen LogP contribution in [0.15, 0.2) is 57.6 Å². The zero-order valence-corrected chi connectivity index (χ0v) is 13.7. The first-order valence-electron chi connectivity index (χ1n) is 8.36.